The fourth-order valence-corrected chi connectivity index (χ4v) is 6.71. The van der Waals surface area contributed by atoms with E-state index in [2.05, 4.69) is 4.90 Å². The van der Waals surface area contributed by atoms with Crippen LogP contribution in [-0.4, -0.2) is 61.4 Å². The van der Waals surface area contributed by atoms with Gasteiger partial charge in [-0.3, -0.25) is 0 Å². The second-order valence-electron chi connectivity index (χ2n) is 12.3. The van der Waals surface area contributed by atoms with Crippen molar-refractivity contribution >= 4 is 0 Å². The van der Waals surface area contributed by atoms with Crippen LogP contribution in [0.1, 0.15) is 67.4 Å². The average Bonchev–Trinajstić information content (AvgIpc) is 3.22. The molecule has 0 unspecified atom stereocenters. The summed E-state index contributed by atoms with van der Waals surface area (Å²) in [4.78, 5) is 2.29. The largest absolute Gasteiger partial charge is 0.416 e. The second kappa shape index (κ2) is 11.9. The number of benzene rings is 2. The van der Waals surface area contributed by atoms with Gasteiger partial charge in [-0.1, -0.05) is 12.1 Å². The summed E-state index contributed by atoms with van der Waals surface area (Å²) in [5.41, 5.74) is -3.63. The molecule has 3 heterocycles. The maximum Gasteiger partial charge on any atom is 0.416 e. The van der Waals surface area contributed by atoms with Crippen LogP contribution in [0, 0.1) is 17.2 Å². The van der Waals surface area contributed by atoms with Crippen molar-refractivity contribution in [2.24, 2.45) is 11.3 Å². The summed E-state index contributed by atoms with van der Waals surface area (Å²) in [5, 5.41) is 10.9. The molecule has 238 valence electrons. The number of likely N-dealkylation sites (tertiary alicyclic amines) is 1. The number of rotatable bonds is 6. The van der Waals surface area contributed by atoms with E-state index < -0.39 is 53.2 Å². The molecule has 3 aliphatic heterocycles. The third kappa shape index (κ3) is 6.88. The van der Waals surface area contributed by atoms with Crippen LogP contribution in [0.5, 0.6) is 0 Å². The summed E-state index contributed by atoms with van der Waals surface area (Å²) in [6.07, 6.45) is -10.0. The Bertz CT molecular complexity index is 1220. The summed E-state index contributed by atoms with van der Waals surface area (Å²) >= 11 is 0. The molecule has 0 saturated carbocycles. The molecule has 0 aromatic heterocycles. The molecule has 43 heavy (non-hydrogen) atoms. The van der Waals surface area contributed by atoms with Crippen molar-refractivity contribution in [1.29, 1.82) is 0 Å². The fraction of sp³-hybridized carbons (Fsp3) is 0.613. The molecule has 5 atom stereocenters. The van der Waals surface area contributed by atoms with Crippen molar-refractivity contribution in [3.05, 3.63) is 70.5 Å². The first-order valence-electron chi connectivity index (χ1n) is 14.4. The van der Waals surface area contributed by atoms with Crippen molar-refractivity contribution in [2.45, 2.75) is 69.4 Å². The smallest absolute Gasteiger partial charge is 0.387 e. The number of aliphatic hydroxyl groups is 1. The standard InChI is InChI=1S/C31H36F7NO4/c1-19(22-13-23(30(33,34)35)15-24(14-22)31(36,37)38)43-27-26(20-3-5-25(32)6-4-20)21(7-12-42-27)16-39-10-8-29(9-11-39)18-41-17-28(29,2)40/h3-6,13-15,19,21,26-27,40H,7-12,16-18H2,1-2H3/t19-,21+,26+,27-,28-/m1/s1. The van der Waals surface area contributed by atoms with Crippen LogP contribution < -0.4 is 0 Å². The van der Waals surface area contributed by atoms with Gasteiger partial charge in [0.15, 0.2) is 6.29 Å². The molecular weight excluding hydrogens is 583 g/mol. The Morgan fingerprint density at radius 3 is 2.12 bits per heavy atom. The van der Waals surface area contributed by atoms with Crippen LogP contribution in [0.4, 0.5) is 30.7 Å². The van der Waals surface area contributed by atoms with Crippen LogP contribution in [0.15, 0.2) is 42.5 Å². The number of alkyl halides is 6. The summed E-state index contributed by atoms with van der Waals surface area (Å²) in [5.74, 6) is -0.963. The lowest BCUT2D eigenvalue weighted by atomic mass is 9.68. The molecule has 5 rings (SSSR count). The molecule has 3 fully saturated rings. The minimum atomic E-state index is -4.98. The number of ether oxygens (including phenoxy) is 3. The van der Waals surface area contributed by atoms with Crippen molar-refractivity contribution < 1.29 is 50.1 Å². The molecule has 2 aromatic rings. The Labute approximate surface area is 245 Å². The van der Waals surface area contributed by atoms with Crippen molar-refractivity contribution in [2.75, 3.05) is 39.5 Å². The predicted octanol–water partition coefficient (Wildman–Crippen LogP) is 6.95. The van der Waals surface area contributed by atoms with Gasteiger partial charge in [0, 0.05) is 17.9 Å². The van der Waals surface area contributed by atoms with Crippen LogP contribution in [0.25, 0.3) is 0 Å². The van der Waals surface area contributed by atoms with E-state index in [4.69, 9.17) is 14.2 Å². The van der Waals surface area contributed by atoms with Gasteiger partial charge in [0.05, 0.1) is 42.7 Å². The monoisotopic (exact) mass is 619 g/mol. The van der Waals surface area contributed by atoms with E-state index in [1.807, 2.05) is 6.92 Å². The molecule has 1 spiro atoms. The SMILES string of the molecule is C[C@@H](O[C@H]1OCC[C@@H](CN2CCC3(CC2)COC[C@@]3(C)O)[C@@H]1c1ccc(F)cc1)c1cc(C(F)(F)F)cc(C(F)(F)F)c1. The molecule has 3 saturated heterocycles. The Hall–Kier alpha value is -2.25. The quantitative estimate of drug-likeness (QED) is 0.355. The third-order valence-corrected chi connectivity index (χ3v) is 9.45. The summed E-state index contributed by atoms with van der Waals surface area (Å²) in [6.45, 7) is 6.35. The second-order valence-corrected chi connectivity index (χ2v) is 12.3. The highest BCUT2D eigenvalue weighted by atomic mass is 19.4. The first kappa shape index (κ1) is 32.2. The maximum absolute atomic E-state index is 13.8. The topological polar surface area (TPSA) is 51.2 Å². The van der Waals surface area contributed by atoms with E-state index in [0.29, 0.717) is 43.9 Å². The molecule has 0 bridgehead atoms. The zero-order chi connectivity index (χ0) is 31.2. The lowest BCUT2D eigenvalue weighted by molar-refractivity contribution is -0.211. The first-order chi connectivity index (χ1) is 20.1. The third-order valence-electron chi connectivity index (χ3n) is 9.45. The number of halogens is 7. The lowest BCUT2D eigenvalue weighted by Crippen LogP contribution is -2.53. The van der Waals surface area contributed by atoms with Gasteiger partial charge in [0.25, 0.3) is 0 Å². The van der Waals surface area contributed by atoms with Gasteiger partial charge in [-0.05, 0) is 93.6 Å². The Morgan fingerprint density at radius 1 is 0.977 bits per heavy atom. The van der Waals surface area contributed by atoms with Crippen molar-refractivity contribution in [1.82, 2.24) is 4.90 Å². The summed E-state index contributed by atoms with van der Waals surface area (Å²) in [6, 6.07) is 7.23. The van der Waals surface area contributed by atoms with Gasteiger partial charge >= 0.3 is 12.4 Å². The van der Waals surface area contributed by atoms with Gasteiger partial charge in [-0.25, -0.2) is 4.39 Å². The molecule has 0 aliphatic carbocycles. The Balaban J connectivity index is 1.37. The van der Waals surface area contributed by atoms with Crippen LogP contribution in [-0.2, 0) is 26.6 Å². The molecule has 3 aliphatic rings. The minimum absolute atomic E-state index is 0.0574. The Morgan fingerprint density at radius 2 is 1.58 bits per heavy atom. The fourth-order valence-electron chi connectivity index (χ4n) is 6.71. The molecule has 0 radical (unpaired) electrons. The zero-order valence-electron chi connectivity index (χ0n) is 24.0. The van der Waals surface area contributed by atoms with E-state index in [0.717, 1.165) is 25.9 Å². The summed E-state index contributed by atoms with van der Waals surface area (Å²) in [7, 11) is 0. The number of nitrogens with zero attached hydrogens (tertiary/aromatic N) is 1. The van der Waals surface area contributed by atoms with Crippen LogP contribution >= 0.6 is 0 Å². The maximum atomic E-state index is 13.8. The predicted molar refractivity (Wildman–Crippen MR) is 142 cm³/mol. The zero-order valence-corrected chi connectivity index (χ0v) is 24.0. The van der Waals surface area contributed by atoms with E-state index in [-0.39, 0.29) is 29.6 Å². The summed E-state index contributed by atoms with van der Waals surface area (Å²) < 4.78 is 113. The van der Waals surface area contributed by atoms with E-state index >= 15 is 0 Å². The van der Waals surface area contributed by atoms with Gasteiger partial charge in [0.1, 0.15) is 5.82 Å². The van der Waals surface area contributed by atoms with Crippen molar-refractivity contribution in [3.8, 4) is 0 Å². The van der Waals surface area contributed by atoms with E-state index in [9.17, 15) is 35.8 Å². The Kier molecular flexibility index (Phi) is 8.92. The minimum Gasteiger partial charge on any atom is -0.387 e. The molecular formula is C31H36F7NO4. The van der Waals surface area contributed by atoms with Gasteiger partial charge in [-0.2, -0.15) is 26.3 Å². The van der Waals surface area contributed by atoms with E-state index in [1.54, 1.807) is 12.1 Å². The number of piperidine rings is 1. The molecule has 0 amide bonds. The van der Waals surface area contributed by atoms with Gasteiger partial charge in [-0.15, -0.1) is 0 Å². The first-order valence-corrected chi connectivity index (χ1v) is 14.4. The van der Waals surface area contributed by atoms with Gasteiger partial charge in [0.2, 0.25) is 0 Å². The van der Waals surface area contributed by atoms with Crippen molar-refractivity contribution in [3.63, 3.8) is 0 Å². The number of hydrogen-bond donors (Lipinski definition) is 1. The number of hydrogen-bond acceptors (Lipinski definition) is 5. The van der Waals surface area contributed by atoms with Gasteiger partial charge < -0.3 is 24.2 Å². The van der Waals surface area contributed by atoms with Crippen LogP contribution in [0.2, 0.25) is 0 Å². The van der Waals surface area contributed by atoms with Crippen LogP contribution in [0.3, 0.4) is 0 Å². The highest BCUT2D eigenvalue weighted by molar-refractivity contribution is 5.35. The molecule has 5 nitrogen and oxygen atoms in total. The normalized spacial score (nSPS) is 29.2. The highest BCUT2D eigenvalue weighted by Gasteiger charge is 2.53. The average molecular weight is 620 g/mol. The highest BCUT2D eigenvalue weighted by Crippen LogP contribution is 2.47. The van der Waals surface area contributed by atoms with E-state index in [1.165, 1.54) is 19.1 Å². The molecule has 12 heteroatoms. The lowest BCUT2D eigenvalue weighted by Gasteiger charge is -2.47. The molecule has 2 aromatic carbocycles. The molecule has 1 N–H and O–H groups in total.